The van der Waals surface area contributed by atoms with Crippen LogP contribution in [0.1, 0.15) is 10.4 Å². The third-order valence-corrected chi connectivity index (χ3v) is 4.09. The van der Waals surface area contributed by atoms with E-state index in [2.05, 4.69) is 9.88 Å². The standard InChI is InChI=1S/C18H20FN3O2/c19-16-3-1-2-4-17(16)24-14-13-21-9-11-22(12-10-21)18(23)15-5-7-20-8-6-15/h1-8H,9-14H2. The van der Waals surface area contributed by atoms with E-state index in [-0.39, 0.29) is 17.5 Å². The van der Waals surface area contributed by atoms with Crippen LogP contribution in [-0.2, 0) is 0 Å². The zero-order valence-corrected chi connectivity index (χ0v) is 13.4. The van der Waals surface area contributed by atoms with Crippen LogP contribution in [0.5, 0.6) is 5.75 Å². The molecule has 0 saturated carbocycles. The summed E-state index contributed by atoms with van der Waals surface area (Å²) in [5.41, 5.74) is 0.668. The van der Waals surface area contributed by atoms with Crippen LogP contribution in [0.3, 0.4) is 0 Å². The Balaban J connectivity index is 1.42. The highest BCUT2D eigenvalue weighted by Crippen LogP contribution is 2.15. The van der Waals surface area contributed by atoms with Gasteiger partial charge in [-0.05, 0) is 24.3 Å². The second-order valence-electron chi connectivity index (χ2n) is 5.65. The Morgan fingerprint density at radius 2 is 1.79 bits per heavy atom. The summed E-state index contributed by atoms with van der Waals surface area (Å²) >= 11 is 0. The number of amides is 1. The van der Waals surface area contributed by atoms with Crippen molar-refractivity contribution in [1.29, 1.82) is 0 Å². The Hall–Kier alpha value is -2.47. The number of pyridine rings is 1. The molecule has 2 heterocycles. The van der Waals surface area contributed by atoms with Crippen LogP contribution in [0.25, 0.3) is 0 Å². The second-order valence-corrected chi connectivity index (χ2v) is 5.65. The van der Waals surface area contributed by atoms with E-state index in [1.54, 1.807) is 42.7 Å². The van der Waals surface area contributed by atoms with Crippen LogP contribution in [0.15, 0.2) is 48.8 Å². The molecule has 0 unspecified atom stereocenters. The quantitative estimate of drug-likeness (QED) is 0.842. The maximum Gasteiger partial charge on any atom is 0.254 e. The normalized spacial score (nSPS) is 15.3. The number of aromatic nitrogens is 1. The third kappa shape index (κ3) is 4.08. The molecule has 6 heteroatoms. The summed E-state index contributed by atoms with van der Waals surface area (Å²) in [5, 5.41) is 0. The molecule has 1 aromatic heterocycles. The van der Waals surface area contributed by atoms with Gasteiger partial charge >= 0.3 is 0 Å². The minimum Gasteiger partial charge on any atom is -0.489 e. The highest BCUT2D eigenvalue weighted by Gasteiger charge is 2.21. The Kier molecular flexibility index (Phi) is 5.38. The SMILES string of the molecule is O=C(c1ccncc1)N1CCN(CCOc2ccccc2F)CC1. The average Bonchev–Trinajstić information content (AvgIpc) is 2.64. The van der Waals surface area contributed by atoms with Gasteiger partial charge in [0.05, 0.1) is 0 Å². The number of para-hydroxylation sites is 1. The minimum absolute atomic E-state index is 0.0413. The van der Waals surface area contributed by atoms with Crippen molar-refractivity contribution in [1.82, 2.24) is 14.8 Å². The Morgan fingerprint density at radius 3 is 2.50 bits per heavy atom. The number of carbonyl (C=O) groups is 1. The predicted molar refractivity (Wildman–Crippen MR) is 88.5 cm³/mol. The van der Waals surface area contributed by atoms with E-state index in [1.807, 2.05) is 4.90 Å². The molecule has 2 aromatic rings. The maximum atomic E-state index is 13.5. The lowest BCUT2D eigenvalue weighted by atomic mass is 10.2. The van der Waals surface area contributed by atoms with Gasteiger partial charge in [-0.3, -0.25) is 14.7 Å². The van der Waals surface area contributed by atoms with Crippen LogP contribution in [0, 0.1) is 5.82 Å². The van der Waals surface area contributed by atoms with Gasteiger partial charge < -0.3 is 9.64 Å². The molecule has 0 N–H and O–H groups in total. The Labute approximate surface area is 140 Å². The minimum atomic E-state index is -0.342. The molecular formula is C18H20FN3O2. The molecule has 1 amide bonds. The molecule has 0 radical (unpaired) electrons. The van der Waals surface area contributed by atoms with Gasteiger partial charge in [0.15, 0.2) is 11.6 Å². The largest absolute Gasteiger partial charge is 0.489 e. The number of halogens is 1. The van der Waals surface area contributed by atoms with Crippen molar-refractivity contribution in [2.45, 2.75) is 0 Å². The van der Waals surface area contributed by atoms with Gasteiger partial charge in [0.25, 0.3) is 5.91 Å². The van der Waals surface area contributed by atoms with E-state index >= 15 is 0 Å². The third-order valence-electron chi connectivity index (χ3n) is 4.09. The van der Waals surface area contributed by atoms with Gasteiger partial charge in [-0.2, -0.15) is 0 Å². The molecule has 1 saturated heterocycles. The molecule has 1 aromatic carbocycles. The summed E-state index contributed by atoms with van der Waals surface area (Å²) in [6.45, 7) is 4.08. The second kappa shape index (κ2) is 7.88. The van der Waals surface area contributed by atoms with Crippen LogP contribution in [-0.4, -0.2) is 60.0 Å². The molecule has 3 rings (SSSR count). The molecule has 1 aliphatic rings. The van der Waals surface area contributed by atoms with Gasteiger partial charge in [0, 0.05) is 50.7 Å². The Morgan fingerprint density at radius 1 is 1.08 bits per heavy atom. The molecule has 126 valence electrons. The summed E-state index contributed by atoms with van der Waals surface area (Å²) in [6, 6.07) is 9.87. The van der Waals surface area contributed by atoms with Crippen molar-refractivity contribution < 1.29 is 13.9 Å². The molecule has 24 heavy (non-hydrogen) atoms. The van der Waals surface area contributed by atoms with Crippen LogP contribution >= 0.6 is 0 Å². The van der Waals surface area contributed by atoms with Crippen molar-refractivity contribution in [3.8, 4) is 5.75 Å². The average molecular weight is 329 g/mol. The van der Waals surface area contributed by atoms with E-state index in [0.29, 0.717) is 31.8 Å². The Bertz CT molecular complexity index is 673. The predicted octanol–water partition coefficient (Wildman–Crippen LogP) is 2.06. The van der Waals surface area contributed by atoms with E-state index in [0.717, 1.165) is 13.1 Å². The zero-order chi connectivity index (χ0) is 16.8. The van der Waals surface area contributed by atoms with Gasteiger partial charge in [-0.1, -0.05) is 12.1 Å². The maximum absolute atomic E-state index is 13.5. The van der Waals surface area contributed by atoms with Crippen molar-refractivity contribution >= 4 is 5.91 Å². The highest BCUT2D eigenvalue weighted by atomic mass is 19.1. The van der Waals surface area contributed by atoms with Crippen molar-refractivity contribution in [3.05, 3.63) is 60.2 Å². The summed E-state index contributed by atoms with van der Waals surface area (Å²) in [6.07, 6.45) is 3.26. The van der Waals surface area contributed by atoms with Crippen LogP contribution < -0.4 is 4.74 Å². The topological polar surface area (TPSA) is 45.7 Å². The van der Waals surface area contributed by atoms with E-state index in [4.69, 9.17) is 4.74 Å². The number of benzene rings is 1. The lowest BCUT2D eigenvalue weighted by molar-refractivity contribution is 0.0619. The summed E-state index contributed by atoms with van der Waals surface area (Å²) in [7, 11) is 0. The van der Waals surface area contributed by atoms with Crippen molar-refractivity contribution in [3.63, 3.8) is 0 Å². The number of hydrogen-bond acceptors (Lipinski definition) is 4. The van der Waals surface area contributed by atoms with Gasteiger partial charge in [0.1, 0.15) is 6.61 Å². The summed E-state index contributed by atoms with van der Waals surface area (Å²) in [4.78, 5) is 20.4. The van der Waals surface area contributed by atoms with E-state index < -0.39 is 0 Å². The molecule has 1 aliphatic heterocycles. The first-order chi connectivity index (χ1) is 11.7. The van der Waals surface area contributed by atoms with Gasteiger partial charge in [-0.15, -0.1) is 0 Å². The number of rotatable bonds is 5. The summed E-state index contributed by atoms with van der Waals surface area (Å²) < 4.78 is 18.9. The first kappa shape index (κ1) is 16.4. The summed E-state index contributed by atoms with van der Waals surface area (Å²) in [5.74, 6) is -0.0195. The van der Waals surface area contributed by atoms with Crippen molar-refractivity contribution in [2.24, 2.45) is 0 Å². The molecule has 1 fully saturated rings. The molecule has 5 nitrogen and oxygen atoms in total. The zero-order valence-electron chi connectivity index (χ0n) is 13.4. The van der Waals surface area contributed by atoms with Gasteiger partial charge in [-0.25, -0.2) is 4.39 Å². The number of piperazine rings is 1. The molecule has 0 aliphatic carbocycles. The van der Waals surface area contributed by atoms with Crippen LogP contribution in [0.2, 0.25) is 0 Å². The fourth-order valence-corrected chi connectivity index (χ4v) is 2.70. The highest BCUT2D eigenvalue weighted by molar-refractivity contribution is 5.94. The number of nitrogens with zero attached hydrogens (tertiary/aromatic N) is 3. The lowest BCUT2D eigenvalue weighted by Gasteiger charge is -2.34. The molecular weight excluding hydrogens is 309 g/mol. The molecule has 0 atom stereocenters. The number of ether oxygens (including phenoxy) is 1. The first-order valence-electron chi connectivity index (χ1n) is 8.03. The number of hydrogen-bond donors (Lipinski definition) is 0. The fraction of sp³-hybridized carbons (Fsp3) is 0.333. The monoisotopic (exact) mass is 329 g/mol. The molecule has 0 bridgehead atoms. The van der Waals surface area contributed by atoms with Crippen molar-refractivity contribution in [2.75, 3.05) is 39.3 Å². The van der Waals surface area contributed by atoms with Gasteiger partial charge in [0.2, 0.25) is 0 Å². The fourth-order valence-electron chi connectivity index (χ4n) is 2.70. The van der Waals surface area contributed by atoms with E-state index in [9.17, 15) is 9.18 Å². The van der Waals surface area contributed by atoms with E-state index in [1.165, 1.54) is 6.07 Å². The smallest absolute Gasteiger partial charge is 0.254 e. The lowest BCUT2D eigenvalue weighted by Crippen LogP contribution is -2.49. The number of carbonyl (C=O) groups excluding carboxylic acids is 1. The van der Waals surface area contributed by atoms with Crippen LogP contribution in [0.4, 0.5) is 4.39 Å². The first-order valence-corrected chi connectivity index (χ1v) is 8.03. The molecule has 0 spiro atoms.